The standard InChI is InChI=1S/C16H15BrN2O2/c17-14-5-1-3-12(9-14)15-11-19(7-8-21-15)16(20)13-4-2-6-18-10-13/h1-6,9-10,15H,7-8,11H2. The van der Waals surface area contributed by atoms with Crippen LogP contribution in [-0.2, 0) is 4.74 Å². The van der Waals surface area contributed by atoms with Crippen molar-refractivity contribution in [3.8, 4) is 0 Å². The number of carbonyl (C=O) groups is 1. The van der Waals surface area contributed by atoms with Gasteiger partial charge in [-0.3, -0.25) is 9.78 Å². The number of benzene rings is 1. The van der Waals surface area contributed by atoms with Crippen LogP contribution in [0.5, 0.6) is 0 Å². The second-order valence-corrected chi connectivity index (χ2v) is 5.82. The Bertz CT molecular complexity index is 633. The molecule has 0 saturated carbocycles. The molecule has 1 unspecified atom stereocenters. The number of hydrogen-bond acceptors (Lipinski definition) is 3. The fourth-order valence-electron chi connectivity index (χ4n) is 2.41. The third kappa shape index (κ3) is 3.31. The summed E-state index contributed by atoms with van der Waals surface area (Å²) in [6.07, 6.45) is 3.18. The lowest BCUT2D eigenvalue weighted by molar-refractivity contribution is -0.0228. The second kappa shape index (κ2) is 6.37. The molecule has 0 bridgehead atoms. The molecule has 2 aromatic rings. The van der Waals surface area contributed by atoms with Gasteiger partial charge in [-0.05, 0) is 29.8 Å². The average molecular weight is 347 g/mol. The Morgan fingerprint density at radius 1 is 1.33 bits per heavy atom. The third-order valence-electron chi connectivity index (χ3n) is 3.48. The molecule has 0 spiro atoms. The lowest BCUT2D eigenvalue weighted by Gasteiger charge is -2.33. The van der Waals surface area contributed by atoms with Crippen LogP contribution >= 0.6 is 15.9 Å². The summed E-state index contributed by atoms with van der Waals surface area (Å²) in [5.74, 6) is 0.00592. The molecule has 0 radical (unpaired) electrons. The summed E-state index contributed by atoms with van der Waals surface area (Å²) >= 11 is 3.47. The number of pyridine rings is 1. The van der Waals surface area contributed by atoms with Crippen molar-refractivity contribution >= 4 is 21.8 Å². The van der Waals surface area contributed by atoms with E-state index in [2.05, 4.69) is 20.9 Å². The fraction of sp³-hybridized carbons (Fsp3) is 0.250. The third-order valence-corrected chi connectivity index (χ3v) is 3.98. The lowest BCUT2D eigenvalue weighted by atomic mass is 10.1. The minimum atomic E-state index is -0.0862. The normalized spacial score (nSPS) is 18.5. The zero-order valence-corrected chi connectivity index (χ0v) is 13.0. The van der Waals surface area contributed by atoms with Crippen LogP contribution in [0.25, 0.3) is 0 Å². The van der Waals surface area contributed by atoms with Gasteiger partial charge in [-0.25, -0.2) is 0 Å². The van der Waals surface area contributed by atoms with Crippen molar-refractivity contribution in [3.63, 3.8) is 0 Å². The topological polar surface area (TPSA) is 42.4 Å². The van der Waals surface area contributed by atoms with Gasteiger partial charge < -0.3 is 9.64 Å². The van der Waals surface area contributed by atoms with Crippen molar-refractivity contribution in [2.45, 2.75) is 6.10 Å². The van der Waals surface area contributed by atoms with Crippen LogP contribution < -0.4 is 0 Å². The first-order chi connectivity index (χ1) is 10.2. The highest BCUT2D eigenvalue weighted by Gasteiger charge is 2.26. The predicted octanol–water partition coefficient (Wildman–Crippen LogP) is 3.06. The zero-order valence-electron chi connectivity index (χ0n) is 11.4. The average Bonchev–Trinajstić information content (AvgIpc) is 2.55. The Morgan fingerprint density at radius 3 is 3.00 bits per heavy atom. The van der Waals surface area contributed by atoms with Gasteiger partial charge in [-0.15, -0.1) is 0 Å². The number of hydrogen-bond donors (Lipinski definition) is 0. The van der Waals surface area contributed by atoms with Gasteiger partial charge in [0.15, 0.2) is 0 Å². The van der Waals surface area contributed by atoms with Crippen LogP contribution in [0.15, 0.2) is 53.3 Å². The molecular weight excluding hydrogens is 332 g/mol. The Morgan fingerprint density at radius 2 is 2.24 bits per heavy atom. The molecule has 1 aliphatic rings. The Labute approximate surface area is 131 Å². The quantitative estimate of drug-likeness (QED) is 0.839. The molecule has 1 amide bonds. The van der Waals surface area contributed by atoms with Gasteiger partial charge in [0.25, 0.3) is 5.91 Å². The SMILES string of the molecule is O=C(c1cccnc1)N1CCOC(c2cccc(Br)c2)C1. The molecule has 1 aromatic carbocycles. The molecule has 1 fully saturated rings. The van der Waals surface area contributed by atoms with Gasteiger partial charge in [0, 0.05) is 23.4 Å². The minimum Gasteiger partial charge on any atom is -0.370 e. The molecule has 21 heavy (non-hydrogen) atoms. The highest BCUT2D eigenvalue weighted by atomic mass is 79.9. The Kier molecular flexibility index (Phi) is 4.31. The van der Waals surface area contributed by atoms with Gasteiger partial charge in [-0.2, -0.15) is 0 Å². The Hall–Kier alpha value is -1.72. The number of morpholine rings is 1. The van der Waals surface area contributed by atoms with E-state index < -0.39 is 0 Å². The molecule has 4 nitrogen and oxygen atoms in total. The smallest absolute Gasteiger partial charge is 0.255 e. The Balaban J connectivity index is 1.75. The molecular formula is C16H15BrN2O2. The molecule has 1 atom stereocenters. The van der Waals surface area contributed by atoms with Crippen molar-refractivity contribution in [2.24, 2.45) is 0 Å². The number of nitrogens with zero attached hydrogens (tertiary/aromatic N) is 2. The van der Waals surface area contributed by atoms with Crippen molar-refractivity contribution in [1.29, 1.82) is 0 Å². The summed E-state index contributed by atoms with van der Waals surface area (Å²) in [4.78, 5) is 18.3. The van der Waals surface area contributed by atoms with E-state index >= 15 is 0 Å². The lowest BCUT2D eigenvalue weighted by Crippen LogP contribution is -2.42. The largest absolute Gasteiger partial charge is 0.370 e. The van der Waals surface area contributed by atoms with Crippen molar-refractivity contribution in [3.05, 3.63) is 64.4 Å². The van der Waals surface area contributed by atoms with E-state index in [1.54, 1.807) is 24.5 Å². The van der Waals surface area contributed by atoms with E-state index in [4.69, 9.17) is 4.74 Å². The summed E-state index contributed by atoms with van der Waals surface area (Å²) in [6.45, 7) is 1.71. The van der Waals surface area contributed by atoms with Crippen LogP contribution in [0.1, 0.15) is 22.0 Å². The molecule has 1 aromatic heterocycles. The summed E-state index contributed by atoms with van der Waals surface area (Å²) in [5, 5.41) is 0. The van der Waals surface area contributed by atoms with Crippen LogP contribution in [0.3, 0.4) is 0 Å². The molecule has 5 heteroatoms. The van der Waals surface area contributed by atoms with E-state index in [9.17, 15) is 4.79 Å². The van der Waals surface area contributed by atoms with E-state index in [-0.39, 0.29) is 12.0 Å². The van der Waals surface area contributed by atoms with Crippen LogP contribution in [0.4, 0.5) is 0 Å². The molecule has 0 aliphatic carbocycles. The van der Waals surface area contributed by atoms with Crippen LogP contribution in [0.2, 0.25) is 0 Å². The maximum Gasteiger partial charge on any atom is 0.255 e. The van der Waals surface area contributed by atoms with Gasteiger partial charge in [0.05, 0.1) is 18.7 Å². The summed E-state index contributed by atoms with van der Waals surface area (Å²) in [5.41, 5.74) is 1.69. The van der Waals surface area contributed by atoms with Crippen molar-refractivity contribution in [1.82, 2.24) is 9.88 Å². The van der Waals surface area contributed by atoms with E-state index in [0.717, 1.165) is 10.0 Å². The highest BCUT2D eigenvalue weighted by molar-refractivity contribution is 9.10. The summed E-state index contributed by atoms with van der Waals surface area (Å²) in [6, 6.07) is 11.6. The number of rotatable bonds is 2. The number of ether oxygens (including phenoxy) is 1. The van der Waals surface area contributed by atoms with Gasteiger partial charge >= 0.3 is 0 Å². The maximum absolute atomic E-state index is 12.5. The van der Waals surface area contributed by atoms with Crippen molar-refractivity contribution < 1.29 is 9.53 Å². The zero-order chi connectivity index (χ0) is 14.7. The summed E-state index contributed by atoms with van der Waals surface area (Å²) < 4.78 is 6.82. The van der Waals surface area contributed by atoms with E-state index in [1.807, 2.05) is 29.2 Å². The van der Waals surface area contributed by atoms with Gasteiger partial charge in [-0.1, -0.05) is 28.1 Å². The molecule has 108 valence electrons. The molecule has 3 rings (SSSR count). The fourth-order valence-corrected chi connectivity index (χ4v) is 2.83. The summed E-state index contributed by atoms with van der Waals surface area (Å²) in [7, 11) is 0. The van der Waals surface area contributed by atoms with Gasteiger partial charge in [0.1, 0.15) is 6.10 Å². The number of aromatic nitrogens is 1. The highest BCUT2D eigenvalue weighted by Crippen LogP contribution is 2.25. The first kappa shape index (κ1) is 14.2. The van der Waals surface area contributed by atoms with Crippen LogP contribution in [0, 0.1) is 0 Å². The predicted molar refractivity (Wildman–Crippen MR) is 83.0 cm³/mol. The first-order valence-corrected chi connectivity index (χ1v) is 7.60. The molecule has 0 N–H and O–H groups in total. The monoisotopic (exact) mass is 346 g/mol. The second-order valence-electron chi connectivity index (χ2n) is 4.91. The maximum atomic E-state index is 12.5. The number of halogens is 1. The van der Waals surface area contributed by atoms with Crippen LogP contribution in [-0.4, -0.2) is 35.5 Å². The van der Waals surface area contributed by atoms with Gasteiger partial charge in [0.2, 0.25) is 0 Å². The first-order valence-electron chi connectivity index (χ1n) is 6.80. The number of carbonyl (C=O) groups excluding carboxylic acids is 1. The van der Waals surface area contributed by atoms with Crippen molar-refractivity contribution in [2.75, 3.05) is 19.7 Å². The molecule has 1 aliphatic heterocycles. The van der Waals surface area contributed by atoms with E-state index in [0.29, 0.717) is 25.3 Å². The molecule has 2 heterocycles. The van der Waals surface area contributed by atoms with E-state index in [1.165, 1.54) is 0 Å². The minimum absolute atomic E-state index is 0.00592. The number of amides is 1. The molecule has 1 saturated heterocycles.